The summed E-state index contributed by atoms with van der Waals surface area (Å²) in [5.74, 6) is -0.275. The van der Waals surface area contributed by atoms with E-state index in [4.69, 9.17) is 0 Å². The van der Waals surface area contributed by atoms with Crippen LogP contribution in [-0.2, 0) is 0 Å². The number of carbonyl (C=O) groups is 1. The molecule has 1 heterocycles. The largest absolute Gasteiger partial charge is 0.289 e. The molecule has 0 bridgehead atoms. The SMILES string of the molecule is O=C(c1cccnc1)c1ccc(I)c([N+](=O)[O-])c1. The zero-order valence-corrected chi connectivity index (χ0v) is 11.2. The predicted octanol–water partition coefficient (Wildman–Crippen LogP) is 2.83. The average Bonchev–Trinajstić information content (AvgIpc) is 2.39. The maximum absolute atomic E-state index is 12.1. The lowest BCUT2D eigenvalue weighted by molar-refractivity contribution is -0.385. The Morgan fingerprint density at radius 1 is 1.28 bits per heavy atom. The molecule has 0 radical (unpaired) electrons. The number of aromatic nitrogens is 1. The number of hydrogen-bond donors (Lipinski definition) is 0. The van der Waals surface area contributed by atoms with Gasteiger partial charge in [0.1, 0.15) is 0 Å². The van der Waals surface area contributed by atoms with E-state index in [1.165, 1.54) is 12.3 Å². The third kappa shape index (κ3) is 2.53. The summed E-state index contributed by atoms with van der Waals surface area (Å²) in [4.78, 5) is 26.2. The zero-order chi connectivity index (χ0) is 13.1. The molecule has 0 N–H and O–H groups in total. The lowest BCUT2D eigenvalue weighted by Crippen LogP contribution is -2.03. The third-order valence-corrected chi connectivity index (χ3v) is 3.24. The van der Waals surface area contributed by atoms with Crippen molar-refractivity contribution < 1.29 is 9.72 Å². The van der Waals surface area contributed by atoms with Crippen LogP contribution in [0, 0.1) is 13.7 Å². The maximum Gasteiger partial charge on any atom is 0.283 e. The number of rotatable bonds is 3. The number of halogens is 1. The molecule has 0 spiro atoms. The van der Waals surface area contributed by atoms with Crippen LogP contribution in [0.2, 0.25) is 0 Å². The predicted molar refractivity (Wildman–Crippen MR) is 73.5 cm³/mol. The molecule has 18 heavy (non-hydrogen) atoms. The Balaban J connectivity index is 2.44. The molecule has 2 aromatic rings. The highest BCUT2D eigenvalue weighted by atomic mass is 127. The van der Waals surface area contributed by atoms with Crippen molar-refractivity contribution in [2.24, 2.45) is 0 Å². The average molecular weight is 354 g/mol. The smallest absolute Gasteiger partial charge is 0.283 e. The molecule has 0 aliphatic heterocycles. The molecule has 5 nitrogen and oxygen atoms in total. The summed E-state index contributed by atoms with van der Waals surface area (Å²) in [5.41, 5.74) is 0.633. The highest BCUT2D eigenvalue weighted by Crippen LogP contribution is 2.23. The van der Waals surface area contributed by atoms with Gasteiger partial charge in [0.25, 0.3) is 5.69 Å². The molecule has 0 aliphatic carbocycles. The molecule has 1 aromatic carbocycles. The van der Waals surface area contributed by atoms with E-state index in [0.717, 1.165) is 0 Å². The standard InChI is InChI=1S/C12H7IN2O3/c13-10-4-3-8(6-11(10)15(17)18)12(16)9-2-1-5-14-7-9/h1-7H. The van der Waals surface area contributed by atoms with Gasteiger partial charge in [0.2, 0.25) is 0 Å². The third-order valence-electron chi connectivity index (χ3n) is 2.33. The van der Waals surface area contributed by atoms with Crippen LogP contribution in [0.15, 0.2) is 42.7 Å². The van der Waals surface area contributed by atoms with Crippen LogP contribution in [0.25, 0.3) is 0 Å². The minimum absolute atomic E-state index is 0.0645. The molecule has 0 atom stereocenters. The van der Waals surface area contributed by atoms with Crippen molar-refractivity contribution in [2.45, 2.75) is 0 Å². The van der Waals surface area contributed by atoms with E-state index >= 15 is 0 Å². The Labute approximate surface area is 116 Å². The van der Waals surface area contributed by atoms with Gasteiger partial charge in [0.05, 0.1) is 8.49 Å². The molecule has 0 amide bonds. The van der Waals surface area contributed by atoms with Gasteiger partial charge in [-0.05, 0) is 46.9 Å². The minimum Gasteiger partial charge on any atom is -0.289 e. The first-order valence-electron chi connectivity index (χ1n) is 4.98. The Morgan fingerprint density at radius 2 is 2.06 bits per heavy atom. The Bertz CT molecular complexity index is 614. The van der Waals surface area contributed by atoms with Crippen molar-refractivity contribution in [3.63, 3.8) is 0 Å². The first-order valence-corrected chi connectivity index (χ1v) is 6.06. The maximum atomic E-state index is 12.1. The minimum atomic E-state index is -0.498. The number of nitro benzene ring substituents is 1. The molecule has 90 valence electrons. The van der Waals surface area contributed by atoms with Gasteiger partial charge in [-0.3, -0.25) is 19.9 Å². The highest BCUT2D eigenvalue weighted by Gasteiger charge is 2.16. The van der Waals surface area contributed by atoms with Gasteiger partial charge in [-0.2, -0.15) is 0 Å². The van der Waals surface area contributed by atoms with Crippen LogP contribution >= 0.6 is 22.6 Å². The van der Waals surface area contributed by atoms with Crippen LogP contribution in [0.4, 0.5) is 5.69 Å². The Morgan fingerprint density at radius 3 is 2.67 bits per heavy atom. The number of hydrogen-bond acceptors (Lipinski definition) is 4. The second-order valence-corrected chi connectivity index (χ2v) is 4.66. The van der Waals surface area contributed by atoms with Crippen molar-refractivity contribution in [1.29, 1.82) is 0 Å². The van der Waals surface area contributed by atoms with Crippen LogP contribution in [-0.4, -0.2) is 15.7 Å². The lowest BCUT2D eigenvalue weighted by Gasteiger charge is -2.01. The van der Waals surface area contributed by atoms with Crippen LogP contribution in [0.3, 0.4) is 0 Å². The summed E-state index contributed by atoms with van der Waals surface area (Å²) in [5, 5.41) is 10.8. The molecule has 0 fully saturated rings. The van der Waals surface area contributed by atoms with Crippen molar-refractivity contribution >= 4 is 34.1 Å². The van der Waals surface area contributed by atoms with Crippen molar-refractivity contribution in [3.8, 4) is 0 Å². The number of nitro groups is 1. The fraction of sp³-hybridized carbons (Fsp3) is 0. The van der Waals surface area contributed by atoms with Crippen molar-refractivity contribution in [1.82, 2.24) is 4.98 Å². The summed E-state index contributed by atoms with van der Waals surface area (Å²) in [6.07, 6.45) is 3.00. The first-order chi connectivity index (χ1) is 8.59. The molecule has 0 saturated heterocycles. The summed E-state index contributed by atoms with van der Waals surface area (Å²) in [7, 11) is 0. The Hall–Kier alpha value is -1.83. The second kappa shape index (κ2) is 5.21. The quantitative estimate of drug-likeness (QED) is 0.368. The number of benzene rings is 1. The molecule has 6 heteroatoms. The van der Waals surface area contributed by atoms with E-state index in [1.807, 2.05) is 22.6 Å². The van der Waals surface area contributed by atoms with E-state index in [-0.39, 0.29) is 17.0 Å². The van der Waals surface area contributed by atoms with Crippen molar-refractivity contribution in [3.05, 3.63) is 67.5 Å². The van der Waals surface area contributed by atoms with E-state index in [9.17, 15) is 14.9 Å². The van der Waals surface area contributed by atoms with Gasteiger partial charge < -0.3 is 0 Å². The van der Waals surface area contributed by atoms with Gasteiger partial charge >= 0.3 is 0 Å². The molecule has 0 saturated carbocycles. The number of pyridine rings is 1. The molecule has 0 aliphatic rings. The van der Waals surface area contributed by atoms with Crippen LogP contribution < -0.4 is 0 Å². The van der Waals surface area contributed by atoms with Crippen molar-refractivity contribution in [2.75, 3.05) is 0 Å². The lowest BCUT2D eigenvalue weighted by atomic mass is 10.0. The molecule has 2 rings (SSSR count). The normalized spacial score (nSPS) is 10.1. The number of carbonyl (C=O) groups excluding carboxylic acids is 1. The second-order valence-electron chi connectivity index (χ2n) is 3.49. The number of nitrogens with zero attached hydrogens (tertiary/aromatic N) is 2. The summed E-state index contributed by atoms with van der Waals surface area (Å²) < 4.78 is 0.500. The summed E-state index contributed by atoms with van der Waals surface area (Å²) in [6, 6.07) is 7.69. The number of ketones is 1. The van der Waals surface area contributed by atoms with E-state index in [1.54, 1.807) is 30.5 Å². The van der Waals surface area contributed by atoms with E-state index < -0.39 is 4.92 Å². The molecule has 0 unspecified atom stereocenters. The fourth-order valence-corrected chi connectivity index (χ4v) is 1.99. The van der Waals surface area contributed by atoms with Gasteiger partial charge in [-0.15, -0.1) is 0 Å². The van der Waals surface area contributed by atoms with E-state index in [0.29, 0.717) is 9.13 Å². The summed E-state index contributed by atoms with van der Waals surface area (Å²) in [6.45, 7) is 0. The highest BCUT2D eigenvalue weighted by molar-refractivity contribution is 14.1. The topological polar surface area (TPSA) is 73.1 Å². The molecular formula is C12H7IN2O3. The van der Waals surface area contributed by atoms with Crippen LogP contribution in [0.5, 0.6) is 0 Å². The van der Waals surface area contributed by atoms with Gasteiger partial charge in [-0.1, -0.05) is 0 Å². The first kappa shape index (κ1) is 12.6. The Kier molecular flexibility index (Phi) is 3.66. The van der Waals surface area contributed by atoms with Gasteiger partial charge in [-0.25, -0.2) is 0 Å². The molecular weight excluding hydrogens is 347 g/mol. The monoisotopic (exact) mass is 354 g/mol. The zero-order valence-electron chi connectivity index (χ0n) is 9.04. The van der Waals surface area contributed by atoms with Gasteiger partial charge in [0.15, 0.2) is 5.78 Å². The van der Waals surface area contributed by atoms with Gasteiger partial charge in [0, 0.05) is 29.6 Å². The molecule has 1 aromatic heterocycles. The fourth-order valence-electron chi connectivity index (χ4n) is 1.46. The van der Waals surface area contributed by atoms with E-state index in [2.05, 4.69) is 4.98 Å². The van der Waals surface area contributed by atoms with Crippen LogP contribution in [0.1, 0.15) is 15.9 Å². The summed E-state index contributed by atoms with van der Waals surface area (Å²) >= 11 is 1.87.